The topological polar surface area (TPSA) is 119 Å². The molecule has 1 fully saturated rings. The number of nitrogens with one attached hydrogen (secondary N) is 1. The number of para-hydroxylation sites is 2. The first-order chi connectivity index (χ1) is 15.1. The minimum Gasteiger partial charge on any atom is -0.451 e. The number of hydrogen-bond donors (Lipinski definition) is 1. The van der Waals surface area contributed by atoms with E-state index in [1.54, 1.807) is 29.6 Å². The smallest absolute Gasteiger partial charge is 0.351 e. The number of carbonyl (C=O) groups excluding carboxylic acids is 3. The normalized spacial score (nSPS) is 16.8. The number of thiophene rings is 1. The molecule has 31 heavy (non-hydrogen) atoms. The summed E-state index contributed by atoms with van der Waals surface area (Å²) < 4.78 is 6.71. The van der Waals surface area contributed by atoms with Gasteiger partial charge in [0, 0.05) is 0 Å². The van der Waals surface area contributed by atoms with Gasteiger partial charge in [-0.05, 0) is 46.8 Å². The molecule has 11 heteroatoms. The second kappa shape index (κ2) is 7.58. The number of hydrogen-bond acceptors (Lipinski definition) is 8. The van der Waals surface area contributed by atoms with E-state index in [2.05, 4.69) is 20.8 Å². The lowest BCUT2D eigenvalue weighted by molar-refractivity contribution is -0.129. The fourth-order valence-corrected chi connectivity index (χ4v) is 5.06. The Hall–Kier alpha value is -3.60. The van der Waals surface area contributed by atoms with Crippen molar-refractivity contribution in [1.29, 1.82) is 0 Å². The van der Waals surface area contributed by atoms with Crippen LogP contribution in [0, 0.1) is 0 Å². The quantitative estimate of drug-likeness (QED) is 0.620. The van der Waals surface area contributed by atoms with Gasteiger partial charge in [0.15, 0.2) is 6.61 Å². The van der Waals surface area contributed by atoms with Gasteiger partial charge in [0.2, 0.25) is 0 Å². The number of fused-ring (bicyclic) bond motifs is 1. The average Bonchev–Trinajstić information content (AvgIpc) is 3.54. The Morgan fingerprint density at radius 1 is 1.16 bits per heavy atom. The molecule has 1 spiro atoms. The number of amides is 2. The van der Waals surface area contributed by atoms with Gasteiger partial charge in [-0.15, -0.1) is 16.4 Å². The van der Waals surface area contributed by atoms with Crippen LogP contribution in [0.1, 0.15) is 35.4 Å². The molecule has 2 aromatic heterocycles. The molecule has 3 heterocycles. The Morgan fingerprint density at radius 3 is 2.74 bits per heavy atom. The summed E-state index contributed by atoms with van der Waals surface area (Å²) in [7, 11) is 0. The number of nitrogens with zero attached hydrogens (tertiary/aromatic N) is 5. The number of ether oxygens (including phenoxy) is 1. The van der Waals surface area contributed by atoms with Gasteiger partial charge < -0.3 is 10.1 Å². The zero-order chi connectivity index (χ0) is 21.4. The zero-order valence-electron chi connectivity index (χ0n) is 16.4. The molecule has 10 nitrogen and oxygen atoms in total. The van der Waals surface area contributed by atoms with Gasteiger partial charge in [0.25, 0.3) is 11.8 Å². The lowest BCUT2D eigenvalue weighted by Gasteiger charge is -2.44. The first-order valence-electron chi connectivity index (χ1n) is 9.82. The Kier molecular flexibility index (Phi) is 4.74. The SMILES string of the molecule is O=C(OCC(=O)N1c2ccccc2NC(=O)C12CCCC2)c1sccc1-n1cnnn1. The zero-order valence-corrected chi connectivity index (χ0v) is 17.2. The van der Waals surface area contributed by atoms with Gasteiger partial charge in [0.05, 0.1) is 17.1 Å². The van der Waals surface area contributed by atoms with Crippen molar-refractivity contribution in [3.05, 3.63) is 46.9 Å². The molecular formula is C20H18N6O4S. The minimum absolute atomic E-state index is 0.192. The summed E-state index contributed by atoms with van der Waals surface area (Å²) >= 11 is 1.17. The summed E-state index contributed by atoms with van der Waals surface area (Å²) in [6, 6.07) is 8.86. The van der Waals surface area contributed by atoms with Gasteiger partial charge in [-0.1, -0.05) is 25.0 Å². The first-order valence-corrected chi connectivity index (χ1v) is 10.7. The molecule has 0 radical (unpaired) electrons. The van der Waals surface area contributed by atoms with Crippen LogP contribution >= 0.6 is 11.3 Å². The van der Waals surface area contributed by atoms with Gasteiger partial charge in [-0.2, -0.15) is 4.68 Å². The molecule has 1 aliphatic heterocycles. The molecule has 2 aliphatic rings. The van der Waals surface area contributed by atoms with E-state index in [1.165, 1.54) is 27.2 Å². The van der Waals surface area contributed by atoms with E-state index in [0.29, 0.717) is 29.9 Å². The summed E-state index contributed by atoms with van der Waals surface area (Å²) in [5, 5.41) is 15.6. The summed E-state index contributed by atoms with van der Waals surface area (Å²) in [6.07, 6.45) is 4.22. The van der Waals surface area contributed by atoms with Gasteiger partial charge >= 0.3 is 5.97 Å². The molecule has 1 aliphatic carbocycles. The fraction of sp³-hybridized carbons (Fsp3) is 0.300. The number of carbonyl (C=O) groups is 3. The second-order valence-corrected chi connectivity index (χ2v) is 8.32. The van der Waals surface area contributed by atoms with Crippen molar-refractivity contribution in [1.82, 2.24) is 20.2 Å². The maximum absolute atomic E-state index is 13.3. The molecule has 3 aromatic rings. The van der Waals surface area contributed by atoms with E-state index < -0.39 is 24.0 Å². The van der Waals surface area contributed by atoms with Crippen molar-refractivity contribution in [2.75, 3.05) is 16.8 Å². The predicted molar refractivity (Wildman–Crippen MR) is 111 cm³/mol. The molecule has 2 amide bonds. The number of anilines is 2. The fourth-order valence-electron chi connectivity index (χ4n) is 4.29. The highest BCUT2D eigenvalue weighted by molar-refractivity contribution is 7.12. The number of rotatable bonds is 4. The van der Waals surface area contributed by atoms with Gasteiger partial charge in [-0.3, -0.25) is 14.5 Å². The minimum atomic E-state index is -0.946. The van der Waals surface area contributed by atoms with Crippen molar-refractivity contribution in [3.8, 4) is 5.69 Å². The van der Waals surface area contributed by atoms with E-state index in [-0.39, 0.29) is 10.8 Å². The highest BCUT2D eigenvalue weighted by Crippen LogP contribution is 2.45. The molecule has 0 unspecified atom stereocenters. The molecule has 0 saturated heterocycles. The summed E-state index contributed by atoms with van der Waals surface area (Å²) in [6.45, 7) is -0.477. The molecular weight excluding hydrogens is 420 g/mol. The molecule has 5 rings (SSSR count). The lowest BCUT2D eigenvalue weighted by Crippen LogP contribution is -2.61. The van der Waals surface area contributed by atoms with Crippen molar-refractivity contribution in [2.24, 2.45) is 0 Å². The third-order valence-electron chi connectivity index (χ3n) is 5.68. The largest absolute Gasteiger partial charge is 0.451 e. The summed E-state index contributed by atoms with van der Waals surface area (Å²) in [5.41, 5.74) is 0.722. The van der Waals surface area contributed by atoms with Crippen LogP contribution in [0.4, 0.5) is 11.4 Å². The van der Waals surface area contributed by atoms with Crippen LogP contribution in [0.2, 0.25) is 0 Å². The highest BCUT2D eigenvalue weighted by atomic mass is 32.1. The predicted octanol–water partition coefficient (Wildman–Crippen LogP) is 2.18. The number of esters is 1. The molecule has 1 N–H and O–H groups in total. The van der Waals surface area contributed by atoms with Crippen LogP contribution in [0.5, 0.6) is 0 Å². The third-order valence-corrected chi connectivity index (χ3v) is 6.56. The maximum Gasteiger partial charge on any atom is 0.351 e. The molecule has 1 saturated carbocycles. The molecule has 0 atom stereocenters. The number of tetrazole rings is 1. The Labute approximate surface area is 180 Å². The van der Waals surface area contributed by atoms with E-state index in [9.17, 15) is 14.4 Å². The maximum atomic E-state index is 13.3. The summed E-state index contributed by atoms with van der Waals surface area (Å²) in [5.74, 6) is -1.27. The van der Waals surface area contributed by atoms with E-state index in [0.717, 1.165) is 12.8 Å². The second-order valence-electron chi connectivity index (χ2n) is 7.40. The lowest BCUT2D eigenvalue weighted by atomic mass is 9.90. The van der Waals surface area contributed by atoms with Crippen LogP contribution in [-0.4, -0.2) is 50.1 Å². The standard InChI is InChI=1S/C20H18N6O4S/c27-16(11-30-18(28)17-15(7-10-31-17)25-12-21-23-24-25)26-14-6-2-1-5-13(14)22-19(29)20(26)8-3-4-9-20/h1-2,5-7,10,12H,3-4,8-9,11H2,(H,22,29). The van der Waals surface area contributed by atoms with Crippen LogP contribution in [0.15, 0.2) is 42.0 Å². The average molecular weight is 438 g/mol. The molecule has 1 aromatic carbocycles. The van der Waals surface area contributed by atoms with Gasteiger partial charge in [-0.25, -0.2) is 4.79 Å². The van der Waals surface area contributed by atoms with E-state index in [1.807, 2.05) is 6.07 Å². The van der Waals surface area contributed by atoms with Gasteiger partial charge in [0.1, 0.15) is 16.7 Å². The Morgan fingerprint density at radius 2 is 1.97 bits per heavy atom. The van der Waals surface area contributed by atoms with Crippen LogP contribution in [-0.2, 0) is 14.3 Å². The van der Waals surface area contributed by atoms with Crippen molar-refractivity contribution in [3.63, 3.8) is 0 Å². The van der Waals surface area contributed by atoms with Crippen LogP contribution in [0.25, 0.3) is 5.69 Å². The molecule has 0 bridgehead atoms. The molecule has 158 valence electrons. The first kappa shape index (κ1) is 19.4. The van der Waals surface area contributed by atoms with Crippen molar-refractivity contribution < 1.29 is 19.1 Å². The Bertz CT molecular complexity index is 1150. The van der Waals surface area contributed by atoms with Crippen LogP contribution in [0.3, 0.4) is 0 Å². The van der Waals surface area contributed by atoms with Crippen molar-refractivity contribution in [2.45, 2.75) is 31.2 Å². The number of aromatic nitrogens is 4. The number of benzene rings is 1. The monoisotopic (exact) mass is 438 g/mol. The van der Waals surface area contributed by atoms with Crippen molar-refractivity contribution >= 4 is 40.5 Å². The Balaban J connectivity index is 1.39. The van der Waals surface area contributed by atoms with E-state index >= 15 is 0 Å². The van der Waals surface area contributed by atoms with E-state index in [4.69, 9.17) is 4.74 Å². The highest BCUT2D eigenvalue weighted by Gasteiger charge is 2.52. The van der Waals surface area contributed by atoms with Crippen LogP contribution < -0.4 is 10.2 Å². The summed E-state index contributed by atoms with van der Waals surface area (Å²) in [4.78, 5) is 40.8. The third kappa shape index (κ3) is 3.17.